The van der Waals surface area contributed by atoms with E-state index in [-0.39, 0.29) is 6.54 Å². The topological polar surface area (TPSA) is 97.6 Å². The zero-order chi connectivity index (χ0) is 22.9. The van der Waals surface area contributed by atoms with E-state index in [9.17, 15) is 9.59 Å². The number of hydrogen-bond donors (Lipinski definition) is 2. The van der Waals surface area contributed by atoms with Crippen molar-refractivity contribution < 1.29 is 14.3 Å². The van der Waals surface area contributed by atoms with Crippen molar-refractivity contribution in [2.45, 2.75) is 6.92 Å². The highest BCUT2D eigenvalue weighted by atomic mass is 35.5. The van der Waals surface area contributed by atoms with E-state index in [1.807, 2.05) is 42.5 Å². The SMILES string of the molecule is COc1ccc(/C=C/C(=O)NCC(=O)N/N=C/c2c(C)nn(-c3ccccc3)c2Cl)cc1. The molecule has 8 nitrogen and oxygen atoms in total. The van der Waals surface area contributed by atoms with Gasteiger partial charge in [0.25, 0.3) is 5.91 Å². The number of para-hydroxylation sites is 1. The van der Waals surface area contributed by atoms with Gasteiger partial charge in [0.1, 0.15) is 10.9 Å². The molecule has 2 N–H and O–H groups in total. The maximum absolute atomic E-state index is 11.9. The first kappa shape index (κ1) is 22.8. The van der Waals surface area contributed by atoms with Crippen LogP contribution in [0.1, 0.15) is 16.8 Å². The van der Waals surface area contributed by atoms with Crippen LogP contribution in [0.4, 0.5) is 0 Å². The maximum Gasteiger partial charge on any atom is 0.259 e. The largest absolute Gasteiger partial charge is 0.497 e. The summed E-state index contributed by atoms with van der Waals surface area (Å²) in [5.41, 5.74) is 5.25. The summed E-state index contributed by atoms with van der Waals surface area (Å²) in [4.78, 5) is 23.8. The van der Waals surface area contributed by atoms with Gasteiger partial charge >= 0.3 is 0 Å². The van der Waals surface area contributed by atoms with E-state index >= 15 is 0 Å². The van der Waals surface area contributed by atoms with E-state index in [2.05, 4.69) is 20.9 Å². The van der Waals surface area contributed by atoms with Crippen LogP contribution in [0.15, 0.2) is 65.8 Å². The molecule has 0 aliphatic rings. The second-order valence-electron chi connectivity index (χ2n) is 6.65. The summed E-state index contributed by atoms with van der Waals surface area (Å²) in [5.74, 6) is -0.146. The number of ether oxygens (including phenoxy) is 1. The van der Waals surface area contributed by atoms with Crippen molar-refractivity contribution >= 4 is 35.7 Å². The Bertz CT molecular complexity index is 1140. The molecule has 0 spiro atoms. The standard InChI is InChI=1S/C23H22ClN5O3/c1-16-20(23(24)29(28-16)18-6-4-3-5-7-18)14-26-27-22(31)15-25-21(30)13-10-17-8-11-19(32-2)12-9-17/h3-14H,15H2,1-2H3,(H,25,30)(H,27,31)/b13-10+,26-14+. The second-order valence-corrected chi connectivity index (χ2v) is 7.01. The molecule has 9 heteroatoms. The third-order valence-corrected chi connectivity index (χ3v) is 4.76. The number of halogens is 1. The lowest BCUT2D eigenvalue weighted by atomic mass is 10.2. The minimum absolute atomic E-state index is 0.223. The van der Waals surface area contributed by atoms with Gasteiger partial charge in [0.05, 0.1) is 36.8 Å². The molecule has 0 saturated heterocycles. The van der Waals surface area contributed by atoms with Gasteiger partial charge in [-0.3, -0.25) is 9.59 Å². The predicted octanol–water partition coefficient (Wildman–Crippen LogP) is 3.12. The minimum Gasteiger partial charge on any atom is -0.497 e. The lowest BCUT2D eigenvalue weighted by Gasteiger charge is -2.02. The molecule has 0 saturated carbocycles. The number of amides is 2. The molecule has 0 aliphatic carbocycles. The van der Waals surface area contributed by atoms with E-state index < -0.39 is 11.8 Å². The number of benzene rings is 2. The number of rotatable bonds is 8. The van der Waals surface area contributed by atoms with Gasteiger partial charge in [-0.1, -0.05) is 41.9 Å². The number of carbonyl (C=O) groups excluding carboxylic acids is 2. The van der Waals surface area contributed by atoms with Crippen molar-refractivity contribution in [3.8, 4) is 11.4 Å². The van der Waals surface area contributed by atoms with Crippen LogP contribution in [0, 0.1) is 6.92 Å². The Morgan fingerprint density at radius 3 is 2.56 bits per heavy atom. The molecule has 1 aromatic heterocycles. The third-order valence-electron chi connectivity index (χ3n) is 4.40. The Morgan fingerprint density at radius 1 is 1.16 bits per heavy atom. The molecular weight excluding hydrogens is 430 g/mol. The molecule has 0 unspecified atom stereocenters. The fraction of sp³-hybridized carbons (Fsp3) is 0.130. The quantitative estimate of drug-likeness (QED) is 0.312. The van der Waals surface area contributed by atoms with E-state index in [4.69, 9.17) is 16.3 Å². The lowest BCUT2D eigenvalue weighted by Crippen LogP contribution is -2.34. The van der Waals surface area contributed by atoms with Crippen LogP contribution in [0.2, 0.25) is 5.15 Å². The highest BCUT2D eigenvalue weighted by molar-refractivity contribution is 6.32. The summed E-state index contributed by atoms with van der Waals surface area (Å²) in [7, 11) is 1.58. The Morgan fingerprint density at radius 2 is 1.88 bits per heavy atom. The fourth-order valence-corrected chi connectivity index (χ4v) is 3.04. The summed E-state index contributed by atoms with van der Waals surface area (Å²) in [5, 5.41) is 11.2. The molecule has 3 aromatic rings. The van der Waals surface area contributed by atoms with Crippen molar-refractivity contribution in [1.29, 1.82) is 0 Å². The highest BCUT2D eigenvalue weighted by Gasteiger charge is 2.13. The molecular formula is C23H22ClN5O3. The summed E-state index contributed by atoms with van der Waals surface area (Å²) in [6.07, 6.45) is 4.41. The Balaban J connectivity index is 1.50. The number of nitrogens with zero attached hydrogens (tertiary/aromatic N) is 3. The molecule has 2 aromatic carbocycles. The molecule has 2 amide bonds. The predicted molar refractivity (Wildman–Crippen MR) is 124 cm³/mol. The lowest BCUT2D eigenvalue weighted by molar-refractivity contribution is -0.123. The molecule has 0 aliphatic heterocycles. The molecule has 32 heavy (non-hydrogen) atoms. The number of hydrazone groups is 1. The van der Waals surface area contributed by atoms with Gasteiger partial charge in [-0.05, 0) is 42.8 Å². The van der Waals surface area contributed by atoms with Crippen molar-refractivity contribution in [1.82, 2.24) is 20.5 Å². The maximum atomic E-state index is 11.9. The van der Waals surface area contributed by atoms with E-state index in [0.717, 1.165) is 17.0 Å². The number of aromatic nitrogens is 2. The first-order valence-corrected chi connectivity index (χ1v) is 10.1. The van der Waals surface area contributed by atoms with Crippen molar-refractivity contribution in [3.05, 3.63) is 82.6 Å². The number of hydrogen-bond acceptors (Lipinski definition) is 5. The molecule has 0 radical (unpaired) electrons. The van der Waals surface area contributed by atoms with Gasteiger partial charge in [0.2, 0.25) is 5.91 Å². The average Bonchev–Trinajstić information content (AvgIpc) is 3.10. The molecule has 164 valence electrons. The minimum atomic E-state index is -0.475. The van der Waals surface area contributed by atoms with Gasteiger partial charge in [0, 0.05) is 6.08 Å². The number of carbonyl (C=O) groups is 2. The Hall–Kier alpha value is -3.91. The monoisotopic (exact) mass is 451 g/mol. The van der Waals surface area contributed by atoms with Crippen LogP contribution in [-0.4, -0.2) is 41.5 Å². The molecule has 3 rings (SSSR count). The first-order valence-electron chi connectivity index (χ1n) is 9.70. The normalized spacial score (nSPS) is 11.1. The molecule has 0 atom stereocenters. The van der Waals surface area contributed by atoms with E-state index in [1.165, 1.54) is 12.3 Å². The highest BCUT2D eigenvalue weighted by Crippen LogP contribution is 2.21. The van der Waals surface area contributed by atoms with Crippen LogP contribution < -0.4 is 15.5 Å². The first-order chi connectivity index (χ1) is 15.5. The summed E-state index contributed by atoms with van der Waals surface area (Å²) in [6, 6.07) is 16.7. The van der Waals surface area contributed by atoms with Crippen LogP contribution in [-0.2, 0) is 9.59 Å². The van der Waals surface area contributed by atoms with Gasteiger partial charge in [0.15, 0.2) is 0 Å². The van der Waals surface area contributed by atoms with Gasteiger partial charge < -0.3 is 10.1 Å². The van der Waals surface area contributed by atoms with Crippen molar-refractivity contribution in [2.75, 3.05) is 13.7 Å². The zero-order valence-electron chi connectivity index (χ0n) is 17.6. The summed E-state index contributed by atoms with van der Waals surface area (Å²) < 4.78 is 6.68. The molecule has 0 fully saturated rings. The van der Waals surface area contributed by atoms with Gasteiger partial charge in [-0.2, -0.15) is 10.2 Å². The molecule has 1 heterocycles. The van der Waals surface area contributed by atoms with Crippen LogP contribution in [0.25, 0.3) is 11.8 Å². The number of methoxy groups -OCH3 is 1. The van der Waals surface area contributed by atoms with E-state index in [0.29, 0.717) is 16.4 Å². The van der Waals surface area contributed by atoms with Crippen molar-refractivity contribution in [3.63, 3.8) is 0 Å². The molecule has 0 bridgehead atoms. The Kier molecular flexibility index (Phi) is 7.77. The second kappa shape index (κ2) is 10.9. The summed E-state index contributed by atoms with van der Waals surface area (Å²) in [6.45, 7) is 1.57. The van der Waals surface area contributed by atoms with Crippen LogP contribution in [0.3, 0.4) is 0 Å². The van der Waals surface area contributed by atoms with Crippen LogP contribution in [0.5, 0.6) is 5.75 Å². The van der Waals surface area contributed by atoms with Gasteiger partial charge in [-0.25, -0.2) is 10.1 Å². The van der Waals surface area contributed by atoms with E-state index in [1.54, 1.807) is 36.9 Å². The zero-order valence-corrected chi connectivity index (χ0v) is 18.3. The number of nitrogens with one attached hydrogen (secondary N) is 2. The van der Waals surface area contributed by atoms with Crippen molar-refractivity contribution in [2.24, 2.45) is 5.10 Å². The van der Waals surface area contributed by atoms with Crippen LogP contribution >= 0.6 is 11.6 Å². The fourth-order valence-electron chi connectivity index (χ4n) is 2.72. The average molecular weight is 452 g/mol. The smallest absolute Gasteiger partial charge is 0.259 e. The number of aryl methyl sites for hydroxylation is 1. The summed E-state index contributed by atoms with van der Waals surface area (Å²) >= 11 is 6.41. The Labute approximate surface area is 190 Å². The van der Waals surface area contributed by atoms with Gasteiger partial charge in [-0.15, -0.1) is 0 Å². The third kappa shape index (κ3) is 6.05.